The lowest BCUT2D eigenvalue weighted by molar-refractivity contribution is -0.0657. The van der Waals surface area contributed by atoms with Crippen molar-refractivity contribution in [2.24, 2.45) is 0 Å². The second-order valence-corrected chi connectivity index (χ2v) is 4.13. The molecule has 1 aliphatic rings. The second-order valence-electron chi connectivity index (χ2n) is 4.13. The minimum absolute atomic E-state index is 0.189. The molecular weight excluding hydrogens is 178 g/mol. The van der Waals surface area contributed by atoms with Gasteiger partial charge in [-0.2, -0.15) is 0 Å². The van der Waals surface area contributed by atoms with Crippen molar-refractivity contribution in [1.82, 2.24) is 4.90 Å². The summed E-state index contributed by atoms with van der Waals surface area (Å²) in [6.45, 7) is 5.77. The van der Waals surface area contributed by atoms with Crippen LogP contribution in [-0.2, 0) is 4.74 Å². The third-order valence-corrected chi connectivity index (χ3v) is 3.33. The van der Waals surface area contributed by atoms with E-state index in [1.54, 1.807) is 0 Å². The average molecular weight is 201 g/mol. The van der Waals surface area contributed by atoms with Crippen molar-refractivity contribution < 1.29 is 9.84 Å². The molecule has 0 aromatic heterocycles. The molecule has 0 aromatic carbocycles. The van der Waals surface area contributed by atoms with Gasteiger partial charge in [0.1, 0.15) is 0 Å². The molecule has 1 heterocycles. The van der Waals surface area contributed by atoms with Crippen LogP contribution in [0.3, 0.4) is 0 Å². The van der Waals surface area contributed by atoms with E-state index in [-0.39, 0.29) is 12.1 Å². The SMILES string of the molecule is CCC(CC)N(C)C1COCCC1O. The van der Waals surface area contributed by atoms with E-state index in [9.17, 15) is 5.11 Å². The zero-order valence-corrected chi connectivity index (χ0v) is 9.57. The van der Waals surface area contributed by atoms with E-state index in [1.807, 2.05) is 0 Å². The Hall–Kier alpha value is -0.120. The van der Waals surface area contributed by atoms with Gasteiger partial charge in [0.25, 0.3) is 0 Å². The van der Waals surface area contributed by atoms with Crippen molar-refractivity contribution >= 4 is 0 Å². The summed E-state index contributed by atoms with van der Waals surface area (Å²) in [6, 6.07) is 0.755. The van der Waals surface area contributed by atoms with Crippen LogP contribution >= 0.6 is 0 Å². The summed E-state index contributed by atoms with van der Waals surface area (Å²) in [4.78, 5) is 2.28. The van der Waals surface area contributed by atoms with E-state index < -0.39 is 0 Å². The average Bonchev–Trinajstić information content (AvgIpc) is 2.20. The number of likely N-dealkylation sites (N-methyl/N-ethyl adjacent to an activating group) is 1. The van der Waals surface area contributed by atoms with Crippen molar-refractivity contribution in [3.8, 4) is 0 Å². The molecule has 0 radical (unpaired) electrons. The van der Waals surface area contributed by atoms with Gasteiger partial charge in [-0.1, -0.05) is 13.8 Å². The predicted octanol–water partition coefficient (Wildman–Crippen LogP) is 1.26. The number of hydrogen-bond acceptors (Lipinski definition) is 3. The zero-order chi connectivity index (χ0) is 10.6. The van der Waals surface area contributed by atoms with Crippen LogP contribution < -0.4 is 0 Å². The molecule has 3 nitrogen and oxygen atoms in total. The lowest BCUT2D eigenvalue weighted by atomic mass is 10.0. The molecule has 0 aromatic rings. The van der Waals surface area contributed by atoms with Crippen molar-refractivity contribution in [2.45, 2.75) is 51.3 Å². The van der Waals surface area contributed by atoms with Crippen LogP contribution in [0.1, 0.15) is 33.1 Å². The minimum atomic E-state index is -0.214. The van der Waals surface area contributed by atoms with Crippen molar-refractivity contribution in [2.75, 3.05) is 20.3 Å². The fraction of sp³-hybridized carbons (Fsp3) is 1.00. The lowest BCUT2D eigenvalue weighted by Crippen LogP contribution is -2.51. The van der Waals surface area contributed by atoms with Gasteiger partial charge in [0, 0.05) is 12.6 Å². The summed E-state index contributed by atoms with van der Waals surface area (Å²) < 4.78 is 5.41. The molecule has 1 fully saturated rings. The van der Waals surface area contributed by atoms with Crippen molar-refractivity contribution in [3.05, 3.63) is 0 Å². The van der Waals surface area contributed by atoms with Gasteiger partial charge in [-0.3, -0.25) is 4.90 Å². The Bertz CT molecular complexity index is 159. The van der Waals surface area contributed by atoms with E-state index in [0.717, 1.165) is 19.3 Å². The number of rotatable bonds is 4. The molecule has 2 atom stereocenters. The molecule has 2 unspecified atom stereocenters. The molecule has 0 saturated carbocycles. The van der Waals surface area contributed by atoms with E-state index in [4.69, 9.17) is 4.74 Å². The summed E-state index contributed by atoms with van der Waals surface area (Å²) in [5.41, 5.74) is 0. The highest BCUT2D eigenvalue weighted by atomic mass is 16.5. The zero-order valence-electron chi connectivity index (χ0n) is 9.57. The van der Waals surface area contributed by atoms with Crippen molar-refractivity contribution in [1.29, 1.82) is 0 Å². The van der Waals surface area contributed by atoms with Crippen molar-refractivity contribution in [3.63, 3.8) is 0 Å². The first-order valence-corrected chi connectivity index (χ1v) is 5.68. The third kappa shape index (κ3) is 2.69. The molecule has 1 N–H and O–H groups in total. The van der Waals surface area contributed by atoms with Gasteiger partial charge in [0.2, 0.25) is 0 Å². The van der Waals surface area contributed by atoms with Gasteiger partial charge in [0.15, 0.2) is 0 Å². The third-order valence-electron chi connectivity index (χ3n) is 3.33. The highest BCUT2D eigenvalue weighted by Crippen LogP contribution is 2.18. The smallest absolute Gasteiger partial charge is 0.0739 e. The maximum absolute atomic E-state index is 9.86. The Labute approximate surface area is 87.1 Å². The van der Waals surface area contributed by atoms with E-state index in [2.05, 4.69) is 25.8 Å². The van der Waals surface area contributed by atoms with Crippen LogP contribution in [0.2, 0.25) is 0 Å². The molecule has 1 aliphatic heterocycles. The molecule has 14 heavy (non-hydrogen) atoms. The van der Waals surface area contributed by atoms with Gasteiger partial charge >= 0.3 is 0 Å². The Balaban J connectivity index is 2.52. The van der Waals surface area contributed by atoms with Crippen LogP contribution in [0, 0.1) is 0 Å². The number of nitrogens with zero attached hydrogens (tertiary/aromatic N) is 1. The highest BCUT2D eigenvalue weighted by molar-refractivity contribution is 4.83. The largest absolute Gasteiger partial charge is 0.391 e. The summed E-state index contributed by atoms with van der Waals surface area (Å²) in [6.07, 6.45) is 2.83. The van der Waals surface area contributed by atoms with Crippen LogP contribution in [0.4, 0.5) is 0 Å². The summed E-state index contributed by atoms with van der Waals surface area (Å²) >= 11 is 0. The number of hydrogen-bond donors (Lipinski definition) is 1. The van der Waals surface area contributed by atoms with Crippen LogP contribution in [0.15, 0.2) is 0 Å². The monoisotopic (exact) mass is 201 g/mol. The fourth-order valence-electron chi connectivity index (χ4n) is 2.24. The maximum atomic E-state index is 9.86. The standard InChI is InChI=1S/C11H23NO2/c1-4-9(5-2)12(3)10-8-14-7-6-11(10)13/h9-11,13H,4-8H2,1-3H3. The predicted molar refractivity (Wildman–Crippen MR) is 57.4 cm³/mol. The molecule has 0 spiro atoms. The van der Waals surface area contributed by atoms with Gasteiger partial charge in [0.05, 0.1) is 18.8 Å². The fourth-order valence-corrected chi connectivity index (χ4v) is 2.24. The van der Waals surface area contributed by atoms with E-state index >= 15 is 0 Å². The van der Waals surface area contributed by atoms with E-state index in [1.165, 1.54) is 0 Å². The molecular formula is C11H23NO2. The Kier molecular flexibility index (Phi) is 4.85. The first-order chi connectivity index (χ1) is 6.70. The number of aliphatic hydroxyl groups excluding tert-OH is 1. The summed E-state index contributed by atoms with van der Waals surface area (Å²) in [5.74, 6) is 0. The molecule has 3 heteroatoms. The van der Waals surface area contributed by atoms with Gasteiger partial charge in [-0.05, 0) is 26.3 Å². The summed E-state index contributed by atoms with van der Waals surface area (Å²) in [5, 5.41) is 9.86. The maximum Gasteiger partial charge on any atom is 0.0739 e. The highest BCUT2D eigenvalue weighted by Gasteiger charge is 2.29. The van der Waals surface area contributed by atoms with Crippen LogP contribution in [-0.4, -0.2) is 48.5 Å². The van der Waals surface area contributed by atoms with Gasteiger partial charge in [-0.25, -0.2) is 0 Å². The molecule has 0 aliphatic carbocycles. The number of aliphatic hydroxyl groups is 1. The Morgan fingerprint density at radius 1 is 1.43 bits per heavy atom. The van der Waals surface area contributed by atoms with E-state index in [0.29, 0.717) is 19.3 Å². The lowest BCUT2D eigenvalue weighted by Gasteiger charge is -2.39. The first kappa shape index (κ1) is 12.0. The molecule has 0 amide bonds. The quantitative estimate of drug-likeness (QED) is 0.743. The topological polar surface area (TPSA) is 32.7 Å². The Morgan fingerprint density at radius 2 is 2.07 bits per heavy atom. The van der Waals surface area contributed by atoms with Gasteiger partial charge in [-0.15, -0.1) is 0 Å². The normalized spacial score (nSPS) is 28.7. The molecule has 1 saturated heterocycles. The molecule has 1 rings (SSSR count). The van der Waals surface area contributed by atoms with Crippen LogP contribution in [0.25, 0.3) is 0 Å². The molecule has 84 valence electrons. The molecule has 0 bridgehead atoms. The van der Waals surface area contributed by atoms with Gasteiger partial charge < -0.3 is 9.84 Å². The number of ether oxygens (including phenoxy) is 1. The summed E-state index contributed by atoms with van der Waals surface area (Å²) in [7, 11) is 2.10. The minimum Gasteiger partial charge on any atom is -0.391 e. The van der Waals surface area contributed by atoms with Crippen LogP contribution in [0.5, 0.6) is 0 Å². The second kappa shape index (κ2) is 5.69. The first-order valence-electron chi connectivity index (χ1n) is 5.68. The Morgan fingerprint density at radius 3 is 2.57 bits per heavy atom.